The van der Waals surface area contributed by atoms with E-state index in [1.165, 1.54) is 0 Å². The molecule has 0 atom stereocenters. The fourth-order valence-electron chi connectivity index (χ4n) is 2.03. The Bertz CT molecular complexity index is 799. The summed E-state index contributed by atoms with van der Waals surface area (Å²) in [7, 11) is 0. The molecule has 0 aromatic heterocycles. The molecule has 0 aliphatic heterocycles. The van der Waals surface area contributed by atoms with E-state index in [-0.39, 0.29) is 6.61 Å². The van der Waals surface area contributed by atoms with E-state index in [2.05, 4.69) is 45.9 Å². The molecule has 0 radical (unpaired) electrons. The van der Waals surface area contributed by atoms with Crippen LogP contribution in [0.4, 0.5) is 10.5 Å². The van der Waals surface area contributed by atoms with Gasteiger partial charge in [0, 0.05) is 10.7 Å². The van der Waals surface area contributed by atoms with Crippen LogP contribution in [0.15, 0.2) is 46.9 Å². The van der Waals surface area contributed by atoms with Crippen LogP contribution in [-0.4, -0.2) is 18.5 Å². The number of amides is 3. The number of benzene rings is 2. The molecule has 0 spiro atoms. The van der Waals surface area contributed by atoms with Gasteiger partial charge in [0.15, 0.2) is 6.61 Å². The Kier molecular flexibility index (Phi) is 7.29. The highest BCUT2D eigenvalue weighted by Gasteiger charge is 2.09. The second kappa shape index (κ2) is 9.45. The normalized spacial score (nSPS) is 10.3. The van der Waals surface area contributed by atoms with Crippen LogP contribution in [0.1, 0.15) is 25.3 Å². The predicted molar refractivity (Wildman–Crippen MR) is 105 cm³/mol. The highest BCUT2D eigenvalue weighted by Crippen LogP contribution is 2.28. The van der Waals surface area contributed by atoms with Crippen LogP contribution in [-0.2, 0) is 4.79 Å². The standard InChI is InChI=1S/C18H19BrClN3O3/c1-11(2)12-6-7-16(15(19)8-12)26-10-17(24)22-23-18(25)21-14-5-3-4-13(20)9-14/h3-9,11H,10H2,1-2H3,(H,22,24)(H2,21,23,25). The van der Waals surface area contributed by atoms with Gasteiger partial charge in [-0.2, -0.15) is 0 Å². The molecule has 2 aromatic carbocycles. The lowest BCUT2D eigenvalue weighted by Gasteiger charge is -2.12. The first-order valence-electron chi connectivity index (χ1n) is 7.89. The topological polar surface area (TPSA) is 79.5 Å². The highest BCUT2D eigenvalue weighted by atomic mass is 79.9. The van der Waals surface area contributed by atoms with Crippen molar-refractivity contribution in [2.75, 3.05) is 11.9 Å². The molecule has 138 valence electrons. The number of rotatable bonds is 5. The number of nitrogens with one attached hydrogen (secondary N) is 3. The zero-order chi connectivity index (χ0) is 19.1. The van der Waals surface area contributed by atoms with Crippen molar-refractivity contribution in [1.29, 1.82) is 0 Å². The van der Waals surface area contributed by atoms with Gasteiger partial charge in [0.25, 0.3) is 5.91 Å². The Morgan fingerprint density at radius 3 is 2.58 bits per heavy atom. The van der Waals surface area contributed by atoms with Crippen LogP contribution in [0.2, 0.25) is 5.02 Å². The molecule has 0 bridgehead atoms. The van der Waals surface area contributed by atoms with Gasteiger partial charge < -0.3 is 10.1 Å². The molecule has 0 saturated carbocycles. The first-order valence-corrected chi connectivity index (χ1v) is 9.06. The minimum absolute atomic E-state index is 0.239. The summed E-state index contributed by atoms with van der Waals surface area (Å²) in [6, 6.07) is 11.8. The van der Waals surface area contributed by atoms with Crippen molar-refractivity contribution in [1.82, 2.24) is 10.9 Å². The third-order valence-electron chi connectivity index (χ3n) is 3.38. The number of urea groups is 1. The lowest BCUT2D eigenvalue weighted by atomic mass is 10.0. The van der Waals surface area contributed by atoms with Gasteiger partial charge in [0.1, 0.15) is 5.75 Å². The third-order valence-corrected chi connectivity index (χ3v) is 4.23. The second-order valence-electron chi connectivity index (χ2n) is 5.77. The number of ether oxygens (including phenoxy) is 1. The Hall–Kier alpha value is -2.25. The summed E-state index contributed by atoms with van der Waals surface area (Å²) in [6.45, 7) is 3.95. The smallest absolute Gasteiger partial charge is 0.337 e. The molecule has 6 nitrogen and oxygen atoms in total. The molecule has 2 aromatic rings. The molecule has 8 heteroatoms. The van der Waals surface area contributed by atoms with E-state index in [4.69, 9.17) is 16.3 Å². The van der Waals surface area contributed by atoms with E-state index in [1.807, 2.05) is 12.1 Å². The molecule has 0 aliphatic rings. The van der Waals surface area contributed by atoms with Crippen LogP contribution in [0.3, 0.4) is 0 Å². The number of hydrazine groups is 1. The van der Waals surface area contributed by atoms with Gasteiger partial charge in [-0.05, 0) is 57.7 Å². The molecule has 3 N–H and O–H groups in total. The van der Waals surface area contributed by atoms with E-state index in [0.29, 0.717) is 22.4 Å². The van der Waals surface area contributed by atoms with Crippen molar-refractivity contribution in [2.24, 2.45) is 0 Å². The fraction of sp³-hybridized carbons (Fsp3) is 0.222. The Morgan fingerprint density at radius 1 is 1.15 bits per heavy atom. The van der Waals surface area contributed by atoms with E-state index in [1.54, 1.807) is 30.3 Å². The zero-order valence-corrected chi connectivity index (χ0v) is 16.6. The number of hydrogen-bond donors (Lipinski definition) is 3. The number of carbonyl (C=O) groups is 2. The quantitative estimate of drug-likeness (QED) is 0.601. The van der Waals surface area contributed by atoms with Crippen molar-refractivity contribution in [3.05, 3.63) is 57.5 Å². The summed E-state index contributed by atoms with van der Waals surface area (Å²) in [5.74, 6) is 0.449. The summed E-state index contributed by atoms with van der Waals surface area (Å²) >= 11 is 9.26. The summed E-state index contributed by atoms with van der Waals surface area (Å²) in [5.41, 5.74) is 6.17. The van der Waals surface area contributed by atoms with Gasteiger partial charge in [-0.15, -0.1) is 0 Å². The van der Waals surface area contributed by atoms with Gasteiger partial charge in [0.05, 0.1) is 4.47 Å². The molecular weight excluding hydrogens is 422 g/mol. The van der Waals surface area contributed by atoms with Crippen molar-refractivity contribution < 1.29 is 14.3 Å². The Labute approximate surface area is 165 Å². The van der Waals surface area contributed by atoms with Crippen LogP contribution >= 0.6 is 27.5 Å². The van der Waals surface area contributed by atoms with E-state index >= 15 is 0 Å². The fourth-order valence-corrected chi connectivity index (χ4v) is 2.73. The maximum atomic E-state index is 11.8. The summed E-state index contributed by atoms with van der Waals surface area (Å²) in [5, 5.41) is 3.03. The van der Waals surface area contributed by atoms with Gasteiger partial charge in [-0.1, -0.05) is 37.6 Å². The van der Waals surface area contributed by atoms with Crippen molar-refractivity contribution in [3.8, 4) is 5.75 Å². The summed E-state index contributed by atoms with van der Waals surface area (Å²) in [6.07, 6.45) is 0. The highest BCUT2D eigenvalue weighted by molar-refractivity contribution is 9.10. The van der Waals surface area contributed by atoms with Gasteiger partial charge in [-0.25, -0.2) is 10.2 Å². The molecule has 0 saturated heterocycles. The van der Waals surface area contributed by atoms with E-state index in [0.717, 1.165) is 10.0 Å². The van der Waals surface area contributed by atoms with Crippen LogP contribution in [0.25, 0.3) is 0 Å². The second-order valence-corrected chi connectivity index (χ2v) is 7.06. The van der Waals surface area contributed by atoms with Crippen LogP contribution in [0, 0.1) is 0 Å². The third kappa shape index (κ3) is 6.24. The average Bonchev–Trinajstić information content (AvgIpc) is 2.58. The summed E-state index contributed by atoms with van der Waals surface area (Å²) in [4.78, 5) is 23.5. The van der Waals surface area contributed by atoms with Crippen LogP contribution < -0.4 is 20.9 Å². The van der Waals surface area contributed by atoms with E-state index < -0.39 is 11.9 Å². The van der Waals surface area contributed by atoms with E-state index in [9.17, 15) is 9.59 Å². The number of hydrogen-bond acceptors (Lipinski definition) is 3. The molecule has 0 unspecified atom stereocenters. The monoisotopic (exact) mass is 439 g/mol. The van der Waals surface area contributed by atoms with Crippen molar-refractivity contribution in [2.45, 2.75) is 19.8 Å². The molecule has 2 rings (SSSR count). The predicted octanol–water partition coefficient (Wildman–Crippen LogP) is 4.46. The molecule has 26 heavy (non-hydrogen) atoms. The molecule has 0 fully saturated rings. The number of halogens is 2. The van der Waals surface area contributed by atoms with Crippen molar-refractivity contribution in [3.63, 3.8) is 0 Å². The number of carbonyl (C=O) groups excluding carboxylic acids is 2. The molecule has 0 heterocycles. The van der Waals surface area contributed by atoms with Gasteiger partial charge in [0.2, 0.25) is 0 Å². The first-order chi connectivity index (χ1) is 12.3. The van der Waals surface area contributed by atoms with Crippen molar-refractivity contribution >= 4 is 45.2 Å². The minimum atomic E-state index is -0.594. The maximum Gasteiger partial charge on any atom is 0.337 e. The van der Waals surface area contributed by atoms with Crippen LogP contribution in [0.5, 0.6) is 5.75 Å². The minimum Gasteiger partial charge on any atom is -0.483 e. The first kappa shape index (κ1) is 20.1. The summed E-state index contributed by atoms with van der Waals surface area (Å²) < 4.78 is 6.22. The van der Waals surface area contributed by atoms with Gasteiger partial charge in [-0.3, -0.25) is 10.2 Å². The lowest BCUT2D eigenvalue weighted by molar-refractivity contribution is -0.123. The number of anilines is 1. The molecule has 0 aliphatic carbocycles. The SMILES string of the molecule is CC(C)c1ccc(OCC(=O)NNC(=O)Nc2cccc(Cl)c2)c(Br)c1. The lowest BCUT2D eigenvalue weighted by Crippen LogP contribution is -2.45. The average molecular weight is 441 g/mol. The molecule has 3 amide bonds. The zero-order valence-electron chi connectivity index (χ0n) is 14.3. The maximum absolute atomic E-state index is 11.8. The largest absolute Gasteiger partial charge is 0.483 e. The Balaban J connectivity index is 1.77. The molecular formula is C18H19BrClN3O3. The van der Waals surface area contributed by atoms with Gasteiger partial charge >= 0.3 is 6.03 Å². The Morgan fingerprint density at radius 2 is 1.92 bits per heavy atom.